The molecule has 1 amide bonds. The molecule has 0 saturated carbocycles. The van der Waals surface area contributed by atoms with E-state index in [9.17, 15) is 4.79 Å². The normalized spacial score (nSPS) is 13.2. The molecular formula is C16H16N2O. The predicted octanol–water partition coefficient (Wildman–Crippen LogP) is 2.35. The van der Waals surface area contributed by atoms with Crippen LogP contribution in [0.3, 0.4) is 0 Å². The molecule has 0 radical (unpaired) electrons. The number of nitrogens with one attached hydrogen (secondary N) is 1. The van der Waals surface area contributed by atoms with Crippen molar-refractivity contribution in [3.63, 3.8) is 0 Å². The molecular weight excluding hydrogens is 236 g/mol. The van der Waals surface area contributed by atoms with Crippen LogP contribution in [0.5, 0.6) is 0 Å². The first kappa shape index (κ1) is 11.9. The third-order valence-corrected chi connectivity index (χ3v) is 3.45. The van der Waals surface area contributed by atoms with Crippen molar-refractivity contribution in [3.05, 3.63) is 53.6 Å². The van der Waals surface area contributed by atoms with Gasteiger partial charge < -0.3 is 11.1 Å². The van der Waals surface area contributed by atoms with E-state index in [1.165, 1.54) is 11.1 Å². The zero-order valence-electron chi connectivity index (χ0n) is 10.6. The van der Waals surface area contributed by atoms with Gasteiger partial charge in [0.25, 0.3) is 0 Å². The van der Waals surface area contributed by atoms with Crippen LogP contribution in [-0.2, 0) is 17.6 Å². The Morgan fingerprint density at radius 1 is 1.05 bits per heavy atom. The Bertz CT molecular complexity index is 617. The molecule has 0 aliphatic carbocycles. The summed E-state index contributed by atoms with van der Waals surface area (Å²) in [6.45, 7) is 0.673. The van der Waals surface area contributed by atoms with Crippen LogP contribution in [0.2, 0.25) is 0 Å². The van der Waals surface area contributed by atoms with E-state index >= 15 is 0 Å². The lowest BCUT2D eigenvalue weighted by Gasteiger charge is -2.06. The molecule has 3 heteroatoms. The Hall–Kier alpha value is -2.13. The summed E-state index contributed by atoms with van der Waals surface area (Å²) in [7, 11) is 0. The van der Waals surface area contributed by atoms with Crippen LogP contribution in [0.4, 0.5) is 5.69 Å². The van der Waals surface area contributed by atoms with E-state index in [1.807, 2.05) is 12.1 Å². The summed E-state index contributed by atoms with van der Waals surface area (Å²) >= 11 is 0. The number of fused-ring (bicyclic) bond motifs is 1. The first-order valence-corrected chi connectivity index (χ1v) is 6.48. The van der Waals surface area contributed by atoms with Crippen molar-refractivity contribution in [1.82, 2.24) is 0 Å². The molecule has 2 aromatic rings. The summed E-state index contributed by atoms with van der Waals surface area (Å²) in [6, 6.07) is 14.5. The fourth-order valence-electron chi connectivity index (χ4n) is 2.44. The maximum Gasteiger partial charge on any atom is 0.228 e. The minimum Gasteiger partial charge on any atom is -0.330 e. The van der Waals surface area contributed by atoms with E-state index in [-0.39, 0.29) is 5.91 Å². The van der Waals surface area contributed by atoms with Crippen molar-refractivity contribution in [3.8, 4) is 11.1 Å². The number of nitrogens with two attached hydrogens (primary N) is 1. The molecule has 0 unspecified atom stereocenters. The fourth-order valence-corrected chi connectivity index (χ4v) is 2.44. The van der Waals surface area contributed by atoms with Gasteiger partial charge in [-0.2, -0.15) is 0 Å². The van der Waals surface area contributed by atoms with Gasteiger partial charge in [0, 0.05) is 5.69 Å². The van der Waals surface area contributed by atoms with Crippen LogP contribution in [0, 0.1) is 0 Å². The van der Waals surface area contributed by atoms with Gasteiger partial charge in [-0.1, -0.05) is 30.3 Å². The number of hydrogen-bond acceptors (Lipinski definition) is 2. The molecule has 1 aliphatic rings. The number of benzene rings is 2. The van der Waals surface area contributed by atoms with Crippen molar-refractivity contribution in [1.29, 1.82) is 0 Å². The van der Waals surface area contributed by atoms with Gasteiger partial charge in [0.05, 0.1) is 6.42 Å². The van der Waals surface area contributed by atoms with E-state index in [2.05, 4.69) is 35.6 Å². The second-order valence-corrected chi connectivity index (χ2v) is 4.83. The molecule has 3 N–H and O–H groups in total. The first-order valence-electron chi connectivity index (χ1n) is 6.48. The van der Waals surface area contributed by atoms with Crippen molar-refractivity contribution >= 4 is 11.6 Å². The van der Waals surface area contributed by atoms with Gasteiger partial charge in [0.1, 0.15) is 0 Å². The van der Waals surface area contributed by atoms with E-state index in [0.717, 1.165) is 23.2 Å². The van der Waals surface area contributed by atoms with Gasteiger partial charge >= 0.3 is 0 Å². The molecule has 0 fully saturated rings. The first-order chi connectivity index (χ1) is 9.26. The Balaban J connectivity index is 1.90. The van der Waals surface area contributed by atoms with Gasteiger partial charge in [0.2, 0.25) is 5.91 Å². The van der Waals surface area contributed by atoms with Crippen LogP contribution < -0.4 is 11.1 Å². The van der Waals surface area contributed by atoms with E-state index in [1.54, 1.807) is 0 Å². The maximum absolute atomic E-state index is 11.3. The molecule has 0 spiro atoms. The van der Waals surface area contributed by atoms with Crippen LogP contribution in [0.1, 0.15) is 11.1 Å². The van der Waals surface area contributed by atoms with E-state index in [0.29, 0.717) is 13.0 Å². The molecule has 0 atom stereocenters. The number of rotatable bonds is 3. The molecule has 2 aromatic carbocycles. The third-order valence-electron chi connectivity index (χ3n) is 3.45. The second kappa shape index (κ2) is 4.86. The Morgan fingerprint density at radius 3 is 2.53 bits per heavy atom. The van der Waals surface area contributed by atoms with Crippen LogP contribution in [0.25, 0.3) is 11.1 Å². The van der Waals surface area contributed by atoms with Gasteiger partial charge in [-0.15, -0.1) is 0 Å². The molecule has 1 heterocycles. The summed E-state index contributed by atoms with van der Waals surface area (Å²) in [5.74, 6) is 0.0745. The van der Waals surface area contributed by atoms with Crippen LogP contribution in [-0.4, -0.2) is 12.5 Å². The number of carbonyl (C=O) groups is 1. The highest BCUT2D eigenvalue weighted by Gasteiger charge is 2.17. The summed E-state index contributed by atoms with van der Waals surface area (Å²) in [6.07, 6.45) is 1.39. The summed E-state index contributed by atoms with van der Waals surface area (Å²) in [5, 5.41) is 2.85. The second-order valence-electron chi connectivity index (χ2n) is 4.83. The molecule has 3 nitrogen and oxygen atoms in total. The molecule has 0 bridgehead atoms. The van der Waals surface area contributed by atoms with Gasteiger partial charge in [-0.25, -0.2) is 0 Å². The summed E-state index contributed by atoms with van der Waals surface area (Å²) in [4.78, 5) is 11.3. The maximum atomic E-state index is 11.3. The molecule has 19 heavy (non-hydrogen) atoms. The Labute approximate surface area is 112 Å². The smallest absolute Gasteiger partial charge is 0.228 e. The highest BCUT2D eigenvalue weighted by molar-refractivity contribution is 5.99. The molecule has 0 aromatic heterocycles. The minimum absolute atomic E-state index is 0.0745. The number of amides is 1. The average Bonchev–Trinajstić information content (AvgIpc) is 2.79. The average molecular weight is 252 g/mol. The van der Waals surface area contributed by atoms with Crippen molar-refractivity contribution in [2.45, 2.75) is 12.8 Å². The molecule has 0 saturated heterocycles. The van der Waals surface area contributed by atoms with Crippen LogP contribution >= 0.6 is 0 Å². The fraction of sp³-hybridized carbons (Fsp3) is 0.188. The van der Waals surface area contributed by atoms with Crippen molar-refractivity contribution in [2.24, 2.45) is 5.73 Å². The van der Waals surface area contributed by atoms with Gasteiger partial charge in [0.15, 0.2) is 0 Å². The lowest BCUT2D eigenvalue weighted by Crippen LogP contribution is -2.03. The standard InChI is InChI=1S/C16H16N2O/c17-8-7-11-1-3-12(4-2-11)13-5-6-15-14(9-13)10-16(19)18-15/h1-6,9H,7-8,10,17H2,(H,18,19). The zero-order valence-corrected chi connectivity index (χ0v) is 10.6. The van der Waals surface area contributed by atoms with Crippen molar-refractivity contribution in [2.75, 3.05) is 11.9 Å². The van der Waals surface area contributed by atoms with Gasteiger partial charge in [-0.05, 0) is 47.4 Å². The lowest BCUT2D eigenvalue weighted by atomic mass is 10.00. The lowest BCUT2D eigenvalue weighted by molar-refractivity contribution is -0.115. The zero-order chi connectivity index (χ0) is 13.2. The highest BCUT2D eigenvalue weighted by Crippen LogP contribution is 2.29. The molecule has 1 aliphatic heterocycles. The Morgan fingerprint density at radius 2 is 1.79 bits per heavy atom. The largest absolute Gasteiger partial charge is 0.330 e. The number of anilines is 1. The number of hydrogen-bond donors (Lipinski definition) is 2. The monoisotopic (exact) mass is 252 g/mol. The minimum atomic E-state index is 0.0745. The molecule has 3 rings (SSSR count). The van der Waals surface area contributed by atoms with Crippen LogP contribution in [0.15, 0.2) is 42.5 Å². The van der Waals surface area contributed by atoms with Crippen molar-refractivity contribution < 1.29 is 4.79 Å². The topological polar surface area (TPSA) is 55.1 Å². The van der Waals surface area contributed by atoms with Gasteiger partial charge in [-0.3, -0.25) is 4.79 Å². The summed E-state index contributed by atoms with van der Waals surface area (Å²) < 4.78 is 0. The Kier molecular flexibility index (Phi) is 3.05. The van der Waals surface area contributed by atoms with E-state index in [4.69, 9.17) is 5.73 Å². The number of carbonyl (C=O) groups excluding carboxylic acids is 1. The highest BCUT2D eigenvalue weighted by atomic mass is 16.1. The SMILES string of the molecule is NCCc1ccc(-c2ccc3c(c2)CC(=O)N3)cc1. The third kappa shape index (κ3) is 2.37. The summed E-state index contributed by atoms with van der Waals surface area (Å²) in [5.41, 5.74) is 11.1. The van der Waals surface area contributed by atoms with E-state index < -0.39 is 0 Å². The predicted molar refractivity (Wildman–Crippen MR) is 77.0 cm³/mol. The quantitative estimate of drug-likeness (QED) is 0.881. The molecule has 96 valence electrons.